The first-order valence-electron chi connectivity index (χ1n) is 6.04. The Morgan fingerprint density at radius 1 is 1.50 bits per heavy atom. The van der Waals surface area contributed by atoms with Crippen LogP contribution in [-0.2, 0) is 19.9 Å². The summed E-state index contributed by atoms with van der Waals surface area (Å²) in [5.74, 6) is 0. The Labute approximate surface area is 98.5 Å². The molecule has 1 heterocycles. The predicted molar refractivity (Wildman–Crippen MR) is 66.4 cm³/mol. The van der Waals surface area contributed by atoms with Gasteiger partial charge in [-0.3, -0.25) is 4.68 Å². The molecule has 0 aliphatic heterocycles. The van der Waals surface area contributed by atoms with E-state index in [9.17, 15) is 5.11 Å². The Morgan fingerprint density at radius 2 is 2.12 bits per heavy atom. The van der Waals surface area contributed by atoms with Gasteiger partial charge in [-0.15, -0.1) is 0 Å². The van der Waals surface area contributed by atoms with Crippen LogP contribution in [0.3, 0.4) is 0 Å². The number of hydrogen-bond donors (Lipinski definition) is 1. The molecule has 1 unspecified atom stereocenters. The highest BCUT2D eigenvalue weighted by molar-refractivity contribution is 5.11. The normalized spacial score (nSPS) is 14.1. The van der Waals surface area contributed by atoms with Crippen molar-refractivity contribution in [1.29, 1.82) is 0 Å². The van der Waals surface area contributed by atoms with Crippen LogP contribution in [0.4, 0.5) is 0 Å². The molecule has 1 aromatic rings. The first-order valence-corrected chi connectivity index (χ1v) is 6.04. The number of aromatic nitrogens is 2. The van der Waals surface area contributed by atoms with Gasteiger partial charge in [-0.25, -0.2) is 0 Å². The van der Waals surface area contributed by atoms with E-state index in [4.69, 9.17) is 0 Å². The fraction of sp³-hybridized carbons (Fsp3) is 0.769. The van der Waals surface area contributed by atoms with E-state index in [1.807, 2.05) is 18.7 Å². The summed E-state index contributed by atoms with van der Waals surface area (Å²) in [6.07, 6.45) is 2.51. The minimum absolute atomic E-state index is 0.118. The number of nitrogens with zero attached hydrogens (tertiary/aromatic N) is 2. The Kier molecular flexibility index (Phi) is 4.14. The molecule has 0 bridgehead atoms. The van der Waals surface area contributed by atoms with E-state index in [2.05, 4.69) is 31.9 Å². The molecular formula is C13H24N2O. The van der Waals surface area contributed by atoms with E-state index < -0.39 is 0 Å². The van der Waals surface area contributed by atoms with Crippen molar-refractivity contribution in [1.82, 2.24) is 9.78 Å². The molecule has 3 heteroatoms. The summed E-state index contributed by atoms with van der Waals surface area (Å²) in [5, 5.41) is 13.9. The molecule has 0 saturated heterocycles. The lowest BCUT2D eigenvalue weighted by molar-refractivity contribution is 0.128. The summed E-state index contributed by atoms with van der Waals surface area (Å²) in [5.41, 5.74) is 2.51. The summed E-state index contributed by atoms with van der Waals surface area (Å²) in [6.45, 7) is 8.35. The Morgan fingerprint density at radius 3 is 2.56 bits per heavy atom. The zero-order valence-corrected chi connectivity index (χ0v) is 11.1. The highest BCUT2D eigenvalue weighted by Gasteiger charge is 2.22. The quantitative estimate of drug-likeness (QED) is 0.833. The topological polar surface area (TPSA) is 38.0 Å². The molecule has 0 aliphatic carbocycles. The van der Waals surface area contributed by atoms with Crippen molar-refractivity contribution in [3.05, 3.63) is 17.5 Å². The Bertz CT molecular complexity index is 340. The van der Waals surface area contributed by atoms with Gasteiger partial charge in [-0.05, 0) is 37.7 Å². The molecule has 0 saturated carbocycles. The van der Waals surface area contributed by atoms with Crippen LogP contribution in [0, 0.1) is 5.41 Å². The van der Waals surface area contributed by atoms with Gasteiger partial charge in [0.15, 0.2) is 0 Å². The van der Waals surface area contributed by atoms with Crippen molar-refractivity contribution in [2.75, 3.05) is 0 Å². The molecule has 92 valence electrons. The lowest BCUT2D eigenvalue weighted by Crippen LogP contribution is -2.22. The van der Waals surface area contributed by atoms with E-state index in [-0.39, 0.29) is 11.5 Å². The molecule has 0 radical (unpaired) electrons. The second-order valence-electron chi connectivity index (χ2n) is 5.50. The minimum Gasteiger partial charge on any atom is -0.393 e. The number of aliphatic hydroxyl groups excluding tert-OH is 1. The summed E-state index contributed by atoms with van der Waals surface area (Å²) in [6, 6.07) is 2.17. The fourth-order valence-electron chi connectivity index (χ4n) is 2.27. The Balaban J connectivity index is 2.74. The maximum Gasteiger partial charge on any atom is 0.0624 e. The first kappa shape index (κ1) is 13.2. The first-order chi connectivity index (χ1) is 7.34. The zero-order valence-electron chi connectivity index (χ0n) is 11.1. The Hall–Kier alpha value is -0.830. The van der Waals surface area contributed by atoms with Crippen LogP contribution in [0.1, 0.15) is 45.5 Å². The largest absolute Gasteiger partial charge is 0.393 e. The standard InChI is InChI=1S/C13H24N2O/c1-6-11-7-12(15(5)14-11)9-13(3,4)8-10(2)16/h7,10,16H,6,8-9H2,1-5H3. The van der Waals surface area contributed by atoms with Crippen LogP contribution in [-0.4, -0.2) is 21.0 Å². The summed E-state index contributed by atoms with van der Waals surface area (Å²) in [7, 11) is 1.99. The van der Waals surface area contributed by atoms with Gasteiger partial charge in [0.1, 0.15) is 0 Å². The van der Waals surface area contributed by atoms with E-state index in [1.54, 1.807) is 0 Å². The van der Waals surface area contributed by atoms with Crippen LogP contribution in [0.2, 0.25) is 0 Å². The monoisotopic (exact) mass is 224 g/mol. The van der Waals surface area contributed by atoms with E-state index in [1.165, 1.54) is 5.69 Å². The molecule has 1 N–H and O–H groups in total. The molecule has 1 atom stereocenters. The van der Waals surface area contributed by atoms with Crippen LogP contribution in [0.25, 0.3) is 0 Å². The molecule has 0 spiro atoms. The fourth-order valence-corrected chi connectivity index (χ4v) is 2.27. The molecule has 1 aromatic heterocycles. The lowest BCUT2D eigenvalue weighted by Gasteiger charge is -2.25. The van der Waals surface area contributed by atoms with Gasteiger partial charge in [0.25, 0.3) is 0 Å². The maximum atomic E-state index is 9.46. The average molecular weight is 224 g/mol. The molecule has 1 rings (SSSR count). The predicted octanol–water partition coefficient (Wildman–Crippen LogP) is 2.32. The lowest BCUT2D eigenvalue weighted by atomic mass is 9.82. The van der Waals surface area contributed by atoms with Crippen molar-refractivity contribution in [2.24, 2.45) is 12.5 Å². The number of rotatable bonds is 5. The van der Waals surface area contributed by atoms with Crippen molar-refractivity contribution < 1.29 is 5.11 Å². The smallest absolute Gasteiger partial charge is 0.0624 e. The molecule has 0 fully saturated rings. The van der Waals surface area contributed by atoms with Gasteiger partial charge >= 0.3 is 0 Å². The van der Waals surface area contributed by atoms with Crippen molar-refractivity contribution in [2.45, 2.75) is 53.1 Å². The van der Waals surface area contributed by atoms with Gasteiger partial charge in [-0.2, -0.15) is 5.10 Å². The molecular weight excluding hydrogens is 200 g/mol. The number of hydrogen-bond acceptors (Lipinski definition) is 2. The van der Waals surface area contributed by atoms with Gasteiger partial charge in [0.2, 0.25) is 0 Å². The highest BCUT2D eigenvalue weighted by atomic mass is 16.3. The number of aryl methyl sites for hydroxylation is 2. The zero-order chi connectivity index (χ0) is 12.3. The summed E-state index contributed by atoms with van der Waals surface area (Å²) < 4.78 is 1.96. The van der Waals surface area contributed by atoms with Crippen molar-refractivity contribution in [3.8, 4) is 0 Å². The number of aliphatic hydroxyl groups is 1. The molecule has 16 heavy (non-hydrogen) atoms. The van der Waals surface area contributed by atoms with E-state index >= 15 is 0 Å². The molecule has 0 amide bonds. The third-order valence-electron chi connectivity index (χ3n) is 2.90. The summed E-state index contributed by atoms with van der Waals surface area (Å²) >= 11 is 0. The molecule has 0 aliphatic rings. The third-order valence-corrected chi connectivity index (χ3v) is 2.90. The molecule has 0 aromatic carbocycles. The second kappa shape index (κ2) is 5.00. The van der Waals surface area contributed by atoms with E-state index in [0.717, 1.165) is 25.0 Å². The van der Waals surface area contributed by atoms with Crippen LogP contribution >= 0.6 is 0 Å². The molecule has 3 nitrogen and oxygen atoms in total. The van der Waals surface area contributed by atoms with Gasteiger partial charge in [0, 0.05) is 12.7 Å². The van der Waals surface area contributed by atoms with Crippen LogP contribution < -0.4 is 0 Å². The SMILES string of the molecule is CCc1cc(CC(C)(C)CC(C)O)n(C)n1. The van der Waals surface area contributed by atoms with Gasteiger partial charge in [-0.1, -0.05) is 20.8 Å². The highest BCUT2D eigenvalue weighted by Crippen LogP contribution is 2.27. The van der Waals surface area contributed by atoms with Gasteiger partial charge in [0.05, 0.1) is 11.8 Å². The maximum absolute atomic E-state index is 9.46. The summed E-state index contributed by atoms with van der Waals surface area (Å²) in [4.78, 5) is 0. The van der Waals surface area contributed by atoms with Crippen molar-refractivity contribution >= 4 is 0 Å². The third kappa shape index (κ3) is 3.63. The van der Waals surface area contributed by atoms with Crippen LogP contribution in [0.15, 0.2) is 6.07 Å². The second-order valence-corrected chi connectivity index (χ2v) is 5.50. The average Bonchev–Trinajstić information content (AvgIpc) is 2.44. The van der Waals surface area contributed by atoms with Gasteiger partial charge < -0.3 is 5.11 Å². The minimum atomic E-state index is -0.242. The van der Waals surface area contributed by atoms with Crippen molar-refractivity contribution in [3.63, 3.8) is 0 Å². The van der Waals surface area contributed by atoms with Crippen LogP contribution in [0.5, 0.6) is 0 Å². The van der Waals surface area contributed by atoms with E-state index in [0.29, 0.717) is 0 Å².